The maximum Gasteiger partial charge on any atom is 0.336 e. The van der Waals surface area contributed by atoms with Gasteiger partial charge in [0.15, 0.2) is 0 Å². The predicted octanol–water partition coefficient (Wildman–Crippen LogP) is 5.34. The molecular formula is C35H66O9. The number of hydrogen-bond donors (Lipinski definition) is 7. The van der Waals surface area contributed by atoms with Gasteiger partial charge in [0.1, 0.15) is 0 Å². The largest absolute Gasteiger partial charge is 0.426 e. The second kappa shape index (κ2) is 24.2. The molecule has 9 nitrogen and oxygen atoms in total. The topological polar surface area (TPSA) is 168 Å². The van der Waals surface area contributed by atoms with Crippen molar-refractivity contribution < 1.29 is 45.3 Å². The van der Waals surface area contributed by atoms with Crippen LogP contribution in [0.2, 0.25) is 0 Å². The highest BCUT2D eigenvalue weighted by atomic mass is 16.7. The van der Waals surface area contributed by atoms with Gasteiger partial charge in [-0.25, -0.2) is 4.79 Å². The second-order valence-corrected chi connectivity index (χ2v) is 13.4. The van der Waals surface area contributed by atoms with Crippen molar-refractivity contribution in [2.75, 3.05) is 0 Å². The predicted molar refractivity (Wildman–Crippen MR) is 173 cm³/mol. The molecule has 2 unspecified atom stereocenters. The Morgan fingerprint density at radius 3 is 1.41 bits per heavy atom. The molecule has 0 amide bonds. The van der Waals surface area contributed by atoms with Gasteiger partial charge in [-0.3, -0.25) is 0 Å². The Balaban J connectivity index is 2.01. The zero-order valence-electron chi connectivity index (χ0n) is 27.8. The molecule has 9 heteroatoms. The number of cyclic esters (lactones) is 1. The molecule has 0 fully saturated rings. The molecule has 0 spiro atoms. The molecule has 0 saturated carbocycles. The summed E-state index contributed by atoms with van der Waals surface area (Å²) in [5.41, 5.74) is 0.293. The van der Waals surface area contributed by atoms with E-state index in [2.05, 4.69) is 6.92 Å². The number of aliphatic hydroxyl groups excluding tert-OH is 6. The lowest BCUT2D eigenvalue weighted by Crippen LogP contribution is -2.31. The Bertz CT molecular complexity index is 756. The van der Waals surface area contributed by atoms with Gasteiger partial charge in [0, 0.05) is 18.9 Å². The van der Waals surface area contributed by atoms with Gasteiger partial charge in [0.05, 0.1) is 36.6 Å². The van der Waals surface area contributed by atoms with E-state index in [-0.39, 0.29) is 19.3 Å². The van der Waals surface area contributed by atoms with E-state index >= 15 is 0 Å². The van der Waals surface area contributed by atoms with E-state index in [9.17, 15) is 40.5 Å². The fourth-order valence-electron chi connectivity index (χ4n) is 5.93. The molecule has 1 heterocycles. The number of hydrogen-bond acceptors (Lipinski definition) is 9. The van der Waals surface area contributed by atoms with Crippen molar-refractivity contribution in [1.29, 1.82) is 0 Å². The van der Waals surface area contributed by atoms with Crippen LogP contribution in [-0.4, -0.2) is 84.1 Å². The molecule has 0 bridgehead atoms. The Labute approximate surface area is 266 Å². The summed E-state index contributed by atoms with van der Waals surface area (Å²) in [6.07, 6.45) is 16.1. The van der Waals surface area contributed by atoms with Gasteiger partial charge in [-0.1, -0.05) is 103 Å². The SMILES string of the molecule is CCCCCCCCCCCC[C@@H](O)[C@H](O)CC[C@@H](O)[C@H](O)CCCCC(O)CCCCC[C@@H](O)CC1=CC(C)(O)OC1=O. The molecular weight excluding hydrogens is 564 g/mol. The van der Waals surface area contributed by atoms with E-state index in [1.165, 1.54) is 57.9 Å². The number of carbonyl (C=O) groups is 1. The van der Waals surface area contributed by atoms with Crippen molar-refractivity contribution >= 4 is 5.97 Å². The van der Waals surface area contributed by atoms with Crippen LogP contribution in [0.25, 0.3) is 0 Å². The van der Waals surface area contributed by atoms with Crippen LogP contribution in [0.1, 0.15) is 162 Å². The van der Waals surface area contributed by atoms with Gasteiger partial charge in [-0.15, -0.1) is 0 Å². The maximum atomic E-state index is 11.7. The number of unbranched alkanes of at least 4 members (excludes halogenated alkanes) is 12. The number of carbonyl (C=O) groups excluding carboxylic acids is 1. The van der Waals surface area contributed by atoms with Crippen molar-refractivity contribution in [2.24, 2.45) is 0 Å². The molecule has 1 rings (SSSR count). The molecule has 260 valence electrons. The van der Waals surface area contributed by atoms with E-state index in [0.29, 0.717) is 44.1 Å². The zero-order chi connectivity index (χ0) is 32.8. The summed E-state index contributed by atoms with van der Waals surface area (Å²) >= 11 is 0. The maximum absolute atomic E-state index is 11.7. The average molecular weight is 631 g/mol. The lowest BCUT2D eigenvalue weighted by molar-refractivity contribution is -0.173. The van der Waals surface area contributed by atoms with Gasteiger partial charge in [0.25, 0.3) is 0 Å². The van der Waals surface area contributed by atoms with Crippen LogP contribution in [0.15, 0.2) is 11.6 Å². The first-order chi connectivity index (χ1) is 20.9. The monoisotopic (exact) mass is 630 g/mol. The van der Waals surface area contributed by atoms with E-state index in [1.807, 2.05) is 0 Å². The summed E-state index contributed by atoms with van der Waals surface area (Å²) in [7, 11) is 0. The summed E-state index contributed by atoms with van der Waals surface area (Å²) in [4.78, 5) is 11.7. The number of ether oxygens (including phenoxy) is 1. The fraction of sp³-hybridized carbons (Fsp3) is 0.914. The molecule has 0 radical (unpaired) electrons. The minimum atomic E-state index is -1.60. The first-order valence-electron chi connectivity index (χ1n) is 17.7. The molecule has 0 aliphatic carbocycles. The molecule has 7 atom stereocenters. The first kappa shape index (κ1) is 41.0. The standard InChI is InChI=1S/C35H66O9/c1-3-4-5-6-7-8-9-10-11-15-21-30(38)32(40)23-24-33(41)31(39)22-17-16-19-28(36)18-13-12-14-20-29(37)25-27-26-35(2,43)44-34(27)42/h26,28-33,36-41,43H,3-25H2,1-2H3/t28?,29-,30-,31-,32-,33-,35?/m1/s1. The van der Waals surface area contributed by atoms with Gasteiger partial charge < -0.3 is 40.5 Å². The van der Waals surface area contributed by atoms with Crippen molar-refractivity contribution in [3.05, 3.63) is 11.6 Å². The van der Waals surface area contributed by atoms with E-state index in [0.717, 1.165) is 44.9 Å². The lowest BCUT2D eigenvalue weighted by Gasteiger charge is -2.22. The summed E-state index contributed by atoms with van der Waals surface area (Å²) in [5.74, 6) is -2.19. The second-order valence-electron chi connectivity index (χ2n) is 13.4. The Hall–Kier alpha value is -1.07. The molecule has 1 aliphatic heterocycles. The van der Waals surface area contributed by atoms with Crippen molar-refractivity contribution in [3.8, 4) is 0 Å². The van der Waals surface area contributed by atoms with Gasteiger partial charge in [0.2, 0.25) is 5.79 Å². The number of rotatable bonds is 29. The van der Waals surface area contributed by atoms with E-state index < -0.39 is 48.4 Å². The molecule has 0 aromatic heterocycles. The molecule has 44 heavy (non-hydrogen) atoms. The normalized spacial score (nSPS) is 21.0. The Morgan fingerprint density at radius 2 is 0.932 bits per heavy atom. The molecule has 0 aromatic carbocycles. The van der Waals surface area contributed by atoms with E-state index in [4.69, 9.17) is 4.74 Å². The van der Waals surface area contributed by atoms with Gasteiger partial charge in [-0.2, -0.15) is 0 Å². The number of esters is 1. The third-order valence-corrected chi connectivity index (χ3v) is 8.82. The third kappa shape index (κ3) is 20.1. The van der Waals surface area contributed by atoms with Crippen LogP contribution in [-0.2, 0) is 9.53 Å². The third-order valence-electron chi connectivity index (χ3n) is 8.82. The van der Waals surface area contributed by atoms with Crippen LogP contribution in [0.4, 0.5) is 0 Å². The van der Waals surface area contributed by atoms with Gasteiger partial charge >= 0.3 is 5.97 Å². The molecule has 0 aromatic rings. The molecule has 7 N–H and O–H groups in total. The van der Waals surface area contributed by atoms with Crippen molar-refractivity contribution in [3.63, 3.8) is 0 Å². The summed E-state index contributed by atoms with van der Waals surface area (Å²) in [6, 6.07) is 0. The zero-order valence-corrected chi connectivity index (χ0v) is 27.8. The Kier molecular flexibility index (Phi) is 22.5. The summed E-state index contributed by atoms with van der Waals surface area (Å²) in [6.45, 7) is 3.61. The summed E-state index contributed by atoms with van der Waals surface area (Å²) in [5, 5.41) is 71.3. The molecule has 0 saturated heterocycles. The first-order valence-corrected chi connectivity index (χ1v) is 17.7. The molecule has 1 aliphatic rings. The van der Waals surface area contributed by atoms with Gasteiger partial charge in [-0.05, 0) is 51.0 Å². The summed E-state index contributed by atoms with van der Waals surface area (Å²) < 4.78 is 4.79. The van der Waals surface area contributed by atoms with Crippen LogP contribution < -0.4 is 0 Å². The minimum Gasteiger partial charge on any atom is -0.426 e. The smallest absolute Gasteiger partial charge is 0.336 e. The van der Waals surface area contributed by atoms with Crippen molar-refractivity contribution in [2.45, 2.75) is 204 Å². The Morgan fingerprint density at radius 1 is 0.568 bits per heavy atom. The highest BCUT2D eigenvalue weighted by Crippen LogP contribution is 2.26. The van der Waals surface area contributed by atoms with Crippen LogP contribution in [0.3, 0.4) is 0 Å². The highest BCUT2D eigenvalue weighted by Gasteiger charge is 2.34. The van der Waals surface area contributed by atoms with Crippen LogP contribution in [0, 0.1) is 0 Å². The van der Waals surface area contributed by atoms with E-state index in [1.54, 1.807) is 0 Å². The minimum absolute atomic E-state index is 0.153. The fourth-order valence-corrected chi connectivity index (χ4v) is 5.93. The average Bonchev–Trinajstić information content (AvgIpc) is 3.24. The quantitative estimate of drug-likeness (QED) is 0.0426. The highest BCUT2D eigenvalue weighted by molar-refractivity contribution is 5.91. The number of aliphatic hydroxyl groups is 7. The van der Waals surface area contributed by atoms with Crippen LogP contribution >= 0.6 is 0 Å². The lowest BCUT2D eigenvalue weighted by atomic mass is 9.96. The van der Waals surface area contributed by atoms with Crippen molar-refractivity contribution in [1.82, 2.24) is 0 Å². The van der Waals surface area contributed by atoms with Crippen LogP contribution in [0.5, 0.6) is 0 Å².